The standard InChI is InChI=1S/C43H76N4O11/c1-24-10-13-43(31(7-8-32(43)42(53)54)27-11-14-46-39(44)19-27)38(47-24)22-56-37-18-28(17-36(55-3)40(37)52)41-30(12-15-48)34(51)20-29(58-41)6-4-26-5-9-33(50)35(16-26)57-23-45-21-25(2)49/h7-8,24-41,45-52H,4-6,9-23,44H2,1-3H3,(H,53,54)/p+1/t24-,25-,26?,27?,28?,29-,30-,31+,32+,33?,34-,35?,36?,37?,38+,39?,40?,41-,43+/m0/s1. The summed E-state index contributed by atoms with van der Waals surface area (Å²) in [6.45, 7) is 5.66. The molecular weight excluding hydrogens is 748 g/mol. The van der Waals surface area contributed by atoms with Crippen LogP contribution in [0.3, 0.4) is 0 Å². The number of hydrogen-bond acceptors (Lipinski definition) is 13. The van der Waals surface area contributed by atoms with Crippen molar-refractivity contribution in [2.75, 3.05) is 40.1 Å². The third kappa shape index (κ3) is 10.8. The van der Waals surface area contributed by atoms with Crippen LogP contribution in [-0.2, 0) is 23.7 Å². The Kier molecular flexibility index (Phi) is 16.9. The number of aliphatic carboxylic acids is 1. The van der Waals surface area contributed by atoms with Crippen molar-refractivity contribution in [3.63, 3.8) is 0 Å². The Labute approximate surface area is 345 Å². The number of allylic oxidation sites excluding steroid dienone is 1. The first-order valence-corrected chi connectivity index (χ1v) is 22.6. The van der Waals surface area contributed by atoms with Crippen LogP contribution in [0.1, 0.15) is 97.3 Å². The predicted octanol–water partition coefficient (Wildman–Crippen LogP) is -2.16. The van der Waals surface area contributed by atoms with E-state index in [0.29, 0.717) is 44.6 Å². The lowest BCUT2D eigenvalue weighted by molar-refractivity contribution is -0.746. The van der Waals surface area contributed by atoms with Crippen LogP contribution in [0.25, 0.3) is 0 Å². The van der Waals surface area contributed by atoms with Gasteiger partial charge in [0.2, 0.25) is 0 Å². The van der Waals surface area contributed by atoms with Crippen LogP contribution in [0.5, 0.6) is 0 Å². The smallest absolute Gasteiger partial charge is 0.137 e. The molecule has 3 aliphatic heterocycles. The number of rotatable bonds is 17. The zero-order chi connectivity index (χ0) is 41.6. The van der Waals surface area contributed by atoms with Crippen molar-refractivity contribution in [3.05, 3.63) is 12.2 Å². The molecule has 1 spiro atoms. The summed E-state index contributed by atoms with van der Waals surface area (Å²) < 4.78 is 25.6. The Hall–Kier alpha value is -1.31. The lowest BCUT2D eigenvalue weighted by atomic mass is 9.57. The molecule has 6 aliphatic rings. The Bertz CT molecular complexity index is 1310. The van der Waals surface area contributed by atoms with Crippen molar-refractivity contribution in [2.24, 2.45) is 46.7 Å². The number of carbonyl (C=O) groups is 1. The minimum Gasteiger partial charge on any atom is -0.549 e. The molecule has 0 aromatic heterocycles. The predicted molar refractivity (Wildman–Crippen MR) is 211 cm³/mol. The van der Waals surface area contributed by atoms with Crippen LogP contribution in [0, 0.1) is 40.9 Å². The van der Waals surface area contributed by atoms with Crippen LogP contribution in [-0.4, -0.2) is 145 Å². The van der Waals surface area contributed by atoms with Crippen molar-refractivity contribution >= 4 is 5.97 Å². The summed E-state index contributed by atoms with van der Waals surface area (Å²) in [5.41, 5.74) is 5.83. The van der Waals surface area contributed by atoms with Gasteiger partial charge in [-0.2, -0.15) is 0 Å². The molecule has 12 N–H and O–H groups in total. The van der Waals surface area contributed by atoms with Crippen molar-refractivity contribution < 1.29 is 65.0 Å². The Morgan fingerprint density at radius 3 is 2.50 bits per heavy atom. The number of quaternary nitrogens is 2. The van der Waals surface area contributed by atoms with Gasteiger partial charge in [-0.05, 0) is 108 Å². The molecule has 0 aromatic rings. The van der Waals surface area contributed by atoms with Crippen molar-refractivity contribution in [3.8, 4) is 0 Å². The van der Waals surface area contributed by atoms with Crippen LogP contribution >= 0.6 is 0 Å². The van der Waals surface area contributed by atoms with E-state index in [1.54, 1.807) is 14.0 Å². The number of nitrogens with two attached hydrogens (primary N) is 3. The van der Waals surface area contributed by atoms with Gasteiger partial charge in [-0.1, -0.05) is 12.2 Å². The first-order valence-electron chi connectivity index (χ1n) is 22.6. The number of hydrogen-bond donors (Lipinski definition) is 9. The highest BCUT2D eigenvalue weighted by atomic mass is 16.5. The summed E-state index contributed by atoms with van der Waals surface area (Å²) in [7, 11) is 1.59. The van der Waals surface area contributed by atoms with E-state index in [1.807, 2.05) is 6.08 Å². The number of carbonyl (C=O) groups excluding carboxylic acids is 1. The van der Waals surface area contributed by atoms with Gasteiger partial charge in [-0.25, -0.2) is 0 Å². The molecule has 0 bridgehead atoms. The molecule has 0 amide bonds. The third-order valence-electron chi connectivity index (χ3n) is 15.3. The van der Waals surface area contributed by atoms with E-state index in [2.05, 4.69) is 29.0 Å². The molecule has 2 saturated carbocycles. The number of carboxylic acid groups (broad SMARTS) is 1. The first-order chi connectivity index (χ1) is 27.8. The number of nitrogens with one attached hydrogen (secondary N) is 1. The molecule has 9 unspecified atom stereocenters. The minimum absolute atomic E-state index is 0.00848. The van der Waals surface area contributed by atoms with Gasteiger partial charge in [0.15, 0.2) is 0 Å². The zero-order valence-corrected chi connectivity index (χ0v) is 35.2. The highest BCUT2D eigenvalue weighted by molar-refractivity contribution is 5.72. The van der Waals surface area contributed by atoms with Gasteiger partial charge in [-0.3, -0.25) is 11.1 Å². The molecule has 58 heavy (non-hydrogen) atoms. The molecule has 15 heteroatoms. The highest BCUT2D eigenvalue weighted by Crippen LogP contribution is 2.54. The number of methoxy groups -OCH3 is 1. The Morgan fingerprint density at radius 2 is 1.78 bits per heavy atom. The van der Waals surface area contributed by atoms with E-state index in [9.17, 15) is 35.4 Å². The van der Waals surface area contributed by atoms with E-state index >= 15 is 0 Å². The second kappa shape index (κ2) is 21.2. The maximum Gasteiger partial charge on any atom is 0.137 e. The fourth-order valence-corrected chi connectivity index (χ4v) is 12.2. The second-order valence-electron chi connectivity index (χ2n) is 19.2. The molecule has 6 rings (SSSR count). The zero-order valence-electron chi connectivity index (χ0n) is 35.2. The van der Waals surface area contributed by atoms with Crippen molar-refractivity contribution in [1.82, 2.24) is 5.32 Å². The maximum absolute atomic E-state index is 12.8. The summed E-state index contributed by atoms with van der Waals surface area (Å²) in [6.07, 6.45) is 8.56. The van der Waals surface area contributed by atoms with E-state index in [4.69, 9.17) is 24.7 Å². The molecule has 3 heterocycles. The van der Waals surface area contributed by atoms with E-state index in [-0.39, 0.29) is 80.2 Å². The molecule has 3 aliphatic carbocycles. The van der Waals surface area contributed by atoms with Crippen LogP contribution in [0.4, 0.5) is 0 Å². The molecule has 19 atom stereocenters. The van der Waals surface area contributed by atoms with Crippen molar-refractivity contribution in [2.45, 2.75) is 171 Å². The van der Waals surface area contributed by atoms with Gasteiger partial charge >= 0.3 is 0 Å². The minimum atomic E-state index is -1.05. The normalized spacial score (nSPS) is 45.4. The molecule has 15 nitrogen and oxygen atoms in total. The molecule has 3 saturated heterocycles. The molecule has 334 valence electrons. The summed E-state index contributed by atoms with van der Waals surface area (Å²) in [4.78, 5) is 12.8. The van der Waals surface area contributed by atoms with Crippen LogP contribution < -0.4 is 26.8 Å². The second-order valence-corrected chi connectivity index (χ2v) is 19.2. The molecular formula is C43H77N4O11+. The van der Waals surface area contributed by atoms with Gasteiger partial charge in [0, 0.05) is 56.3 Å². The first kappa shape index (κ1) is 46.2. The van der Waals surface area contributed by atoms with Crippen molar-refractivity contribution in [1.29, 1.82) is 0 Å². The molecule has 0 radical (unpaired) electrons. The third-order valence-corrected chi connectivity index (χ3v) is 15.3. The number of aliphatic hydroxyl groups excluding tert-OH is 5. The fourth-order valence-electron chi connectivity index (χ4n) is 12.2. The number of carboxylic acids is 1. The largest absolute Gasteiger partial charge is 0.549 e. The summed E-state index contributed by atoms with van der Waals surface area (Å²) in [5.74, 6) is -1.57. The quantitative estimate of drug-likeness (QED) is 0.0432. The number of ether oxygens (including phenoxy) is 4. The van der Waals surface area contributed by atoms with Gasteiger partial charge in [0.1, 0.15) is 18.3 Å². The lowest BCUT2D eigenvalue weighted by Crippen LogP contribution is -3.01. The molecule has 0 aromatic carbocycles. The van der Waals surface area contributed by atoms with E-state index < -0.39 is 53.9 Å². The Balaban J connectivity index is 1.13. The van der Waals surface area contributed by atoms with Gasteiger partial charge in [0.05, 0.1) is 74.8 Å². The van der Waals surface area contributed by atoms with Gasteiger partial charge < -0.3 is 65.0 Å². The highest BCUT2D eigenvalue weighted by Gasteiger charge is 2.59. The van der Waals surface area contributed by atoms with E-state index in [1.165, 1.54) is 0 Å². The van der Waals surface area contributed by atoms with Crippen LogP contribution in [0.15, 0.2) is 12.2 Å². The van der Waals surface area contributed by atoms with Gasteiger partial charge in [-0.15, -0.1) is 0 Å². The topological polar surface area (TPSA) is 249 Å². The lowest BCUT2D eigenvalue weighted by Gasteiger charge is -2.52. The van der Waals surface area contributed by atoms with Crippen LogP contribution in [0.2, 0.25) is 0 Å². The molecule has 5 fully saturated rings. The summed E-state index contributed by atoms with van der Waals surface area (Å²) >= 11 is 0. The number of aliphatic hydroxyl groups is 5. The SMILES string of the molecule is COC1CC([C@@H]2O[C@@H](CCC3CCC(O)C(OCNC[C@H](C)O)C3)C[C@H](O)[C@@H]2CCO)CC(OC[C@H]2[NH2+][C@@H](C)CC[C@@]23[C@@H](C(=O)[O-])C=C[C@@H]3C2CC[NH2+]C(N)C2)C1O. The van der Waals surface area contributed by atoms with Gasteiger partial charge in [0.25, 0.3) is 0 Å². The monoisotopic (exact) mass is 826 g/mol. The summed E-state index contributed by atoms with van der Waals surface area (Å²) in [6, 6.07) is 0.101. The maximum atomic E-state index is 12.8. The van der Waals surface area contributed by atoms with E-state index in [0.717, 1.165) is 57.9 Å². The number of piperidine rings is 2. The fraction of sp³-hybridized carbons (Fsp3) is 0.930. The average molecular weight is 826 g/mol. The Morgan fingerprint density at radius 1 is 0.983 bits per heavy atom. The average Bonchev–Trinajstić information content (AvgIpc) is 3.58. The summed E-state index contributed by atoms with van der Waals surface area (Å²) in [5, 5.41) is 73.8.